The third-order valence-corrected chi connectivity index (χ3v) is 4.66. The van der Waals surface area contributed by atoms with Gasteiger partial charge in [-0.3, -0.25) is 4.79 Å². The maximum Gasteiger partial charge on any atom is 0.237 e. The van der Waals surface area contributed by atoms with Crippen LogP contribution in [0.4, 0.5) is 5.69 Å². The largest absolute Gasteiger partial charge is 0.326 e. The number of hydrogen-bond acceptors (Lipinski definition) is 3. The van der Waals surface area contributed by atoms with Gasteiger partial charge < -0.3 is 9.88 Å². The average Bonchev–Trinajstić information content (AvgIpc) is 2.90. The number of benzene rings is 1. The van der Waals surface area contributed by atoms with Crippen LogP contribution >= 0.6 is 35.0 Å². The number of thioether (sulfide) groups is 1. The van der Waals surface area contributed by atoms with E-state index in [0.29, 0.717) is 15.7 Å². The van der Waals surface area contributed by atoms with E-state index in [9.17, 15) is 4.79 Å². The van der Waals surface area contributed by atoms with E-state index in [1.165, 1.54) is 11.8 Å². The third kappa shape index (κ3) is 4.41. The van der Waals surface area contributed by atoms with E-state index < -0.39 is 0 Å². The number of anilines is 1. The first-order valence-corrected chi connectivity index (χ1v) is 8.58. The van der Waals surface area contributed by atoms with Crippen LogP contribution in [0.3, 0.4) is 0 Å². The second-order valence-electron chi connectivity index (χ2n) is 4.78. The Labute approximate surface area is 144 Å². The molecule has 22 heavy (non-hydrogen) atoms. The molecule has 0 aliphatic rings. The molecule has 0 radical (unpaired) electrons. The molecule has 2 rings (SSSR count). The molecule has 1 atom stereocenters. The van der Waals surface area contributed by atoms with Gasteiger partial charge in [0.15, 0.2) is 5.16 Å². The van der Waals surface area contributed by atoms with Gasteiger partial charge in [-0.15, -0.1) is 0 Å². The number of aryl methyl sites for hydroxylation is 1. The number of imidazole rings is 1. The molecule has 1 aromatic carbocycles. The summed E-state index contributed by atoms with van der Waals surface area (Å²) in [6, 6.07) is 4.97. The molecule has 2 aromatic rings. The molecule has 1 amide bonds. The Morgan fingerprint density at radius 1 is 1.45 bits per heavy atom. The van der Waals surface area contributed by atoms with Gasteiger partial charge in [0.2, 0.25) is 5.91 Å². The van der Waals surface area contributed by atoms with E-state index >= 15 is 0 Å². The molecule has 0 saturated carbocycles. The minimum Gasteiger partial charge on any atom is -0.326 e. The highest BCUT2D eigenvalue weighted by molar-refractivity contribution is 8.00. The summed E-state index contributed by atoms with van der Waals surface area (Å²) in [4.78, 5) is 16.6. The van der Waals surface area contributed by atoms with Crippen molar-refractivity contribution in [3.63, 3.8) is 0 Å². The number of amides is 1. The second kappa shape index (κ2) is 7.90. The van der Waals surface area contributed by atoms with Gasteiger partial charge in [0.05, 0.1) is 16.0 Å². The number of carbonyl (C=O) groups is 1. The van der Waals surface area contributed by atoms with Gasteiger partial charge in [-0.2, -0.15) is 0 Å². The van der Waals surface area contributed by atoms with Crippen LogP contribution in [0.25, 0.3) is 0 Å². The Kier molecular flexibility index (Phi) is 6.17. The van der Waals surface area contributed by atoms with E-state index in [1.807, 2.05) is 17.7 Å². The molecule has 0 spiro atoms. The zero-order valence-corrected chi connectivity index (χ0v) is 14.7. The van der Waals surface area contributed by atoms with Crippen molar-refractivity contribution in [2.45, 2.75) is 37.2 Å². The maximum atomic E-state index is 12.3. The smallest absolute Gasteiger partial charge is 0.237 e. The molecule has 0 bridgehead atoms. The van der Waals surface area contributed by atoms with Crippen LogP contribution in [0.1, 0.15) is 20.3 Å². The van der Waals surface area contributed by atoms with E-state index in [4.69, 9.17) is 23.2 Å². The number of nitrogens with zero attached hydrogens (tertiary/aromatic N) is 2. The summed E-state index contributed by atoms with van der Waals surface area (Å²) in [5.41, 5.74) is 0.517. The van der Waals surface area contributed by atoms with Crippen molar-refractivity contribution < 1.29 is 4.79 Å². The summed E-state index contributed by atoms with van der Waals surface area (Å²) in [6.07, 6.45) is 4.68. The van der Waals surface area contributed by atoms with Crippen LogP contribution in [0.5, 0.6) is 0 Å². The zero-order chi connectivity index (χ0) is 16.1. The Balaban J connectivity index is 2.03. The molecule has 1 heterocycles. The fourth-order valence-corrected chi connectivity index (χ4v) is 3.09. The summed E-state index contributed by atoms with van der Waals surface area (Å²) in [7, 11) is 0. The first kappa shape index (κ1) is 17.2. The van der Waals surface area contributed by atoms with Crippen LogP contribution in [-0.4, -0.2) is 20.7 Å². The molecule has 0 fully saturated rings. The lowest BCUT2D eigenvalue weighted by atomic mass is 10.3. The van der Waals surface area contributed by atoms with Crippen LogP contribution in [0.15, 0.2) is 35.7 Å². The molecular formula is C15H17Cl2N3OS. The molecule has 1 aromatic heterocycles. The van der Waals surface area contributed by atoms with Crippen LogP contribution < -0.4 is 5.32 Å². The highest BCUT2D eigenvalue weighted by Gasteiger charge is 2.18. The number of carbonyl (C=O) groups excluding carboxylic acids is 1. The van der Waals surface area contributed by atoms with Gasteiger partial charge in [0.25, 0.3) is 0 Å². The maximum absolute atomic E-state index is 12.3. The van der Waals surface area contributed by atoms with Crippen molar-refractivity contribution in [3.8, 4) is 0 Å². The summed E-state index contributed by atoms with van der Waals surface area (Å²) < 4.78 is 2.04. The third-order valence-electron chi connectivity index (χ3n) is 2.98. The Hall–Kier alpha value is -1.17. The lowest BCUT2D eigenvalue weighted by Crippen LogP contribution is -2.23. The fourth-order valence-electron chi connectivity index (χ4n) is 1.86. The first-order valence-electron chi connectivity index (χ1n) is 6.95. The highest BCUT2D eigenvalue weighted by Crippen LogP contribution is 2.27. The minimum atomic E-state index is -0.298. The summed E-state index contributed by atoms with van der Waals surface area (Å²) in [5.74, 6) is -0.139. The second-order valence-corrected chi connectivity index (χ2v) is 6.93. The molecule has 0 aliphatic heterocycles. The standard InChI is InChI=1S/C15H17Cl2N3OS/c1-3-7-20-8-6-18-15(20)22-10(2)14(21)19-13-9-11(16)4-5-12(13)17/h4-6,8-10H,3,7H2,1-2H3,(H,19,21). The molecular weight excluding hydrogens is 341 g/mol. The van der Waals surface area contributed by atoms with Crippen molar-refractivity contribution in [3.05, 3.63) is 40.6 Å². The van der Waals surface area contributed by atoms with Gasteiger partial charge in [0.1, 0.15) is 0 Å². The number of rotatable bonds is 6. The monoisotopic (exact) mass is 357 g/mol. The van der Waals surface area contributed by atoms with Gasteiger partial charge in [0, 0.05) is 24.0 Å². The molecule has 1 N–H and O–H groups in total. The normalized spacial score (nSPS) is 12.2. The van der Waals surface area contributed by atoms with Crippen molar-refractivity contribution in [1.82, 2.24) is 9.55 Å². The molecule has 4 nitrogen and oxygen atoms in total. The molecule has 118 valence electrons. The quantitative estimate of drug-likeness (QED) is 0.760. The lowest BCUT2D eigenvalue weighted by molar-refractivity contribution is -0.115. The van der Waals surface area contributed by atoms with Crippen LogP contribution in [0.2, 0.25) is 10.0 Å². The van der Waals surface area contributed by atoms with Crippen LogP contribution in [0, 0.1) is 0 Å². The molecule has 7 heteroatoms. The van der Waals surface area contributed by atoms with E-state index in [0.717, 1.165) is 18.1 Å². The SMILES string of the molecule is CCCn1ccnc1SC(C)C(=O)Nc1cc(Cl)ccc1Cl. The van der Waals surface area contributed by atoms with Crippen molar-refractivity contribution in [2.24, 2.45) is 0 Å². The lowest BCUT2D eigenvalue weighted by Gasteiger charge is -2.13. The predicted octanol–water partition coefficient (Wildman–Crippen LogP) is 4.72. The Morgan fingerprint density at radius 2 is 2.23 bits per heavy atom. The van der Waals surface area contributed by atoms with Crippen molar-refractivity contribution in [1.29, 1.82) is 0 Å². The van der Waals surface area contributed by atoms with E-state index in [2.05, 4.69) is 17.2 Å². The molecule has 1 unspecified atom stereocenters. The Morgan fingerprint density at radius 3 is 2.95 bits per heavy atom. The summed E-state index contributed by atoms with van der Waals surface area (Å²) in [6.45, 7) is 4.83. The Bertz CT molecular complexity index is 660. The topological polar surface area (TPSA) is 46.9 Å². The zero-order valence-electron chi connectivity index (χ0n) is 12.3. The summed E-state index contributed by atoms with van der Waals surface area (Å²) >= 11 is 13.4. The van der Waals surface area contributed by atoms with Gasteiger partial charge in [-0.25, -0.2) is 4.98 Å². The van der Waals surface area contributed by atoms with Crippen molar-refractivity contribution >= 4 is 46.6 Å². The number of hydrogen-bond donors (Lipinski definition) is 1. The fraction of sp³-hybridized carbons (Fsp3) is 0.333. The molecule has 0 saturated heterocycles. The number of aromatic nitrogens is 2. The predicted molar refractivity (Wildman–Crippen MR) is 92.9 cm³/mol. The van der Waals surface area contributed by atoms with Gasteiger partial charge >= 0.3 is 0 Å². The minimum absolute atomic E-state index is 0.139. The number of halogens is 2. The van der Waals surface area contributed by atoms with Gasteiger partial charge in [-0.1, -0.05) is 41.9 Å². The van der Waals surface area contributed by atoms with E-state index in [-0.39, 0.29) is 11.2 Å². The van der Waals surface area contributed by atoms with Gasteiger partial charge in [-0.05, 0) is 31.5 Å². The average molecular weight is 358 g/mol. The molecule has 0 aliphatic carbocycles. The van der Waals surface area contributed by atoms with Crippen molar-refractivity contribution in [2.75, 3.05) is 5.32 Å². The van der Waals surface area contributed by atoms with E-state index in [1.54, 1.807) is 24.4 Å². The highest BCUT2D eigenvalue weighted by atomic mass is 35.5. The summed E-state index contributed by atoms with van der Waals surface area (Å²) in [5, 5.41) is 4.33. The number of nitrogens with one attached hydrogen (secondary N) is 1. The van der Waals surface area contributed by atoms with Crippen LogP contribution in [-0.2, 0) is 11.3 Å². The first-order chi connectivity index (χ1) is 10.5.